The molecule has 3 rings (SSSR count). The smallest absolute Gasteiger partial charge is 0.410 e. The van der Waals surface area contributed by atoms with E-state index in [4.69, 9.17) is 16.3 Å². The normalized spacial score (nSPS) is 24.9. The lowest BCUT2D eigenvalue weighted by atomic mass is 10.0. The summed E-state index contributed by atoms with van der Waals surface area (Å²) in [6.45, 7) is 5.36. The second-order valence-electron chi connectivity index (χ2n) is 7.57. The Labute approximate surface area is 172 Å². The summed E-state index contributed by atoms with van der Waals surface area (Å²) < 4.78 is 33.9. The van der Waals surface area contributed by atoms with E-state index in [2.05, 4.69) is 0 Å². The zero-order valence-corrected chi connectivity index (χ0v) is 18.1. The van der Waals surface area contributed by atoms with E-state index in [9.17, 15) is 13.2 Å². The fourth-order valence-corrected chi connectivity index (χ4v) is 6.39. The van der Waals surface area contributed by atoms with Gasteiger partial charge in [0.25, 0.3) is 0 Å². The average molecular weight is 429 g/mol. The Morgan fingerprint density at radius 2 is 1.71 bits per heavy atom. The van der Waals surface area contributed by atoms with Gasteiger partial charge in [0.2, 0.25) is 10.0 Å². The van der Waals surface area contributed by atoms with Gasteiger partial charge in [-0.05, 0) is 62.8 Å². The number of fused-ring (bicyclic) bond motifs is 2. The van der Waals surface area contributed by atoms with Crippen LogP contribution in [0.2, 0.25) is 5.02 Å². The van der Waals surface area contributed by atoms with Crippen LogP contribution in [0.1, 0.15) is 52.4 Å². The maximum absolute atomic E-state index is 13.3. The Bertz CT molecular complexity index is 778. The van der Waals surface area contributed by atoms with Gasteiger partial charge < -0.3 is 9.64 Å². The molecule has 156 valence electrons. The predicted octanol–water partition coefficient (Wildman–Crippen LogP) is 4.28. The molecule has 0 aliphatic carbocycles. The maximum atomic E-state index is 13.3. The van der Waals surface area contributed by atoms with Gasteiger partial charge >= 0.3 is 6.09 Å². The summed E-state index contributed by atoms with van der Waals surface area (Å²) in [6.07, 6.45) is 3.94. The quantitative estimate of drug-likeness (QED) is 0.649. The van der Waals surface area contributed by atoms with E-state index in [1.54, 1.807) is 21.3 Å². The molecular formula is C20H29ClN2O4S. The van der Waals surface area contributed by atoms with Crippen molar-refractivity contribution >= 4 is 27.7 Å². The van der Waals surface area contributed by atoms with Gasteiger partial charge in [0, 0.05) is 24.2 Å². The molecule has 2 aliphatic heterocycles. The zero-order chi connectivity index (χ0) is 20.3. The fraction of sp³-hybridized carbons (Fsp3) is 0.650. The minimum absolute atomic E-state index is 0.0250. The maximum Gasteiger partial charge on any atom is 0.410 e. The van der Waals surface area contributed by atoms with Crippen molar-refractivity contribution in [3.63, 3.8) is 0 Å². The third-order valence-corrected chi connectivity index (χ3v) is 7.83. The van der Waals surface area contributed by atoms with Gasteiger partial charge in [0.1, 0.15) is 6.10 Å². The van der Waals surface area contributed by atoms with Crippen molar-refractivity contribution in [1.29, 1.82) is 0 Å². The van der Waals surface area contributed by atoms with E-state index in [0.717, 1.165) is 25.7 Å². The molecule has 1 aromatic carbocycles. The van der Waals surface area contributed by atoms with E-state index >= 15 is 0 Å². The number of carbonyl (C=O) groups excluding carboxylic acids is 1. The molecule has 2 unspecified atom stereocenters. The van der Waals surface area contributed by atoms with Crippen molar-refractivity contribution in [2.24, 2.45) is 0 Å². The molecule has 0 radical (unpaired) electrons. The highest BCUT2D eigenvalue weighted by molar-refractivity contribution is 7.89. The van der Waals surface area contributed by atoms with Crippen molar-refractivity contribution in [1.82, 2.24) is 9.21 Å². The molecule has 3 atom stereocenters. The third kappa shape index (κ3) is 4.31. The fourth-order valence-electron chi connectivity index (χ4n) is 4.34. The number of hydrogen-bond acceptors (Lipinski definition) is 4. The second-order valence-corrected chi connectivity index (χ2v) is 9.85. The minimum atomic E-state index is -3.65. The van der Waals surface area contributed by atoms with E-state index < -0.39 is 16.1 Å². The lowest BCUT2D eigenvalue weighted by Crippen LogP contribution is -2.52. The Kier molecular flexibility index (Phi) is 6.89. The average Bonchev–Trinajstić information content (AvgIpc) is 3.00. The topological polar surface area (TPSA) is 66.9 Å². The zero-order valence-electron chi connectivity index (χ0n) is 16.5. The van der Waals surface area contributed by atoms with E-state index in [0.29, 0.717) is 31.0 Å². The summed E-state index contributed by atoms with van der Waals surface area (Å²) in [4.78, 5) is 14.6. The lowest BCUT2D eigenvalue weighted by Gasteiger charge is -2.39. The number of ether oxygens (including phenoxy) is 1. The summed E-state index contributed by atoms with van der Waals surface area (Å²) in [5.41, 5.74) is 0. The highest BCUT2D eigenvalue weighted by Gasteiger charge is 2.50. The number of rotatable bonds is 7. The van der Waals surface area contributed by atoms with Crippen LogP contribution in [0.5, 0.6) is 0 Å². The molecule has 2 heterocycles. The largest absolute Gasteiger partial charge is 0.444 e. The molecule has 2 aliphatic rings. The van der Waals surface area contributed by atoms with E-state index in [1.807, 2.05) is 13.8 Å². The SMILES string of the molecule is CCCN(CCC)C(=O)O[C@H]1CCC2CCC1N2S(=O)(=O)c1ccc(Cl)cc1. The number of nitrogens with zero attached hydrogens (tertiary/aromatic N) is 2. The summed E-state index contributed by atoms with van der Waals surface area (Å²) >= 11 is 5.91. The van der Waals surface area contributed by atoms with Crippen LogP contribution in [0.3, 0.4) is 0 Å². The molecule has 8 heteroatoms. The summed E-state index contributed by atoms with van der Waals surface area (Å²) in [5, 5.41) is 0.499. The van der Waals surface area contributed by atoms with Crippen LogP contribution in [-0.4, -0.2) is 55.0 Å². The van der Waals surface area contributed by atoms with Gasteiger partial charge in [-0.25, -0.2) is 13.2 Å². The first kappa shape index (κ1) is 21.4. The van der Waals surface area contributed by atoms with Gasteiger partial charge in [0.05, 0.1) is 10.9 Å². The van der Waals surface area contributed by atoms with Gasteiger partial charge in [0.15, 0.2) is 0 Å². The Morgan fingerprint density at radius 1 is 1.11 bits per heavy atom. The van der Waals surface area contributed by atoms with Crippen LogP contribution in [0.25, 0.3) is 0 Å². The summed E-state index contributed by atoms with van der Waals surface area (Å²) in [6, 6.07) is 5.93. The Balaban J connectivity index is 1.78. The Morgan fingerprint density at radius 3 is 2.32 bits per heavy atom. The molecule has 28 heavy (non-hydrogen) atoms. The highest BCUT2D eigenvalue weighted by atomic mass is 35.5. The van der Waals surface area contributed by atoms with Crippen LogP contribution in [-0.2, 0) is 14.8 Å². The molecule has 2 saturated heterocycles. The molecule has 0 spiro atoms. The van der Waals surface area contributed by atoms with Gasteiger partial charge in [-0.3, -0.25) is 0 Å². The summed E-state index contributed by atoms with van der Waals surface area (Å²) in [5.74, 6) is 0. The highest BCUT2D eigenvalue weighted by Crippen LogP contribution is 2.41. The molecule has 2 fully saturated rings. The molecule has 2 bridgehead atoms. The van der Waals surface area contributed by atoms with Crippen LogP contribution in [0.4, 0.5) is 4.79 Å². The van der Waals surface area contributed by atoms with Crippen molar-refractivity contribution in [2.75, 3.05) is 13.1 Å². The minimum Gasteiger partial charge on any atom is -0.444 e. The number of piperidine rings is 1. The van der Waals surface area contributed by atoms with Crippen molar-refractivity contribution in [3.05, 3.63) is 29.3 Å². The standard InChI is InChI=1S/C20H29ClN2O4S/c1-3-13-22(14-4-2)20(24)27-19-12-8-16-7-11-18(19)23(16)28(25,26)17-9-5-15(21)6-10-17/h5-6,9-10,16,18-19H,3-4,7-8,11-14H2,1-2H3/t16?,18?,19-/m0/s1. The number of carbonyl (C=O) groups is 1. The number of hydrogen-bond donors (Lipinski definition) is 0. The molecular weight excluding hydrogens is 400 g/mol. The molecule has 0 aromatic heterocycles. The first-order valence-corrected chi connectivity index (χ1v) is 11.9. The second kappa shape index (κ2) is 9.01. The van der Waals surface area contributed by atoms with Crippen molar-refractivity contribution in [3.8, 4) is 0 Å². The molecule has 1 aromatic rings. The van der Waals surface area contributed by atoms with Crippen LogP contribution >= 0.6 is 11.6 Å². The van der Waals surface area contributed by atoms with Crippen LogP contribution in [0, 0.1) is 0 Å². The lowest BCUT2D eigenvalue weighted by molar-refractivity contribution is 0.0115. The van der Waals surface area contributed by atoms with Crippen molar-refractivity contribution in [2.45, 2.75) is 75.5 Å². The first-order valence-electron chi connectivity index (χ1n) is 10.1. The molecule has 1 amide bonds. The molecule has 0 saturated carbocycles. The van der Waals surface area contributed by atoms with Crippen LogP contribution in [0.15, 0.2) is 29.2 Å². The number of halogens is 1. The number of sulfonamides is 1. The Hall–Kier alpha value is -1.31. The predicted molar refractivity (Wildman–Crippen MR) is 109 cm³/mol. The summed E-state index contributed by atoms with van der Waals surface area (Å²) in [7, 11) is -3.65. The van der Waals surface area contributed by atoms with E-state index in [-0.39, 0.29) is 23.1 Å². The van der Waals surface area contributed by atoms with Gasteiger partial charge in [-0.1, -0.05) is 25.4 Å². The van der Waals surface area contributed by atoms with E-state index in [1.165, 1.54) is 12.1 Å². The number of amides is 1. The molecule has 6 nitrogen and oxygen atoms in total. The van der Waals surface area contributed by atoms with Gasteiger partial charge in [-0.2, -0.15) is 4.31 Å². The number of benzene rings is 1. The van der Waals surface area contributed by atoms with Crippen molar-refractivity contribution < 1.29 is 17.9 Å². The monoisotopic (exact) mass is 428 g/mol. The van der Waals surface area contributed by atoms with Gasteiger partial charge in [-0.15, -0.1) is 0 Å². The molecule has 0 N–H and O–H groups in total. The van der Waals surface area contributed by atoms with Crippen LogP contribution < -0.4 is 0 Å². The first-order chi connectivity index (χ1) is 13.4. The third-order valence-electron chi connectivity index (χ3n) is 5.58.